The average molecular weight is 792 g/mol. The predicted molar refractivity (Wildman–Crippen MR) is 198 cm³/mol. The molecule has 8 heteroatoms. The van der Waals surface area contributed by atoms with E-state index in [1.807, 2.05) is 6.07 Å². The van der Waals surface area contributed by atoms with E-state index in [1.54, 1.807) is 3.58 Å². The van der Waals surface area contributed by atoms with Gasteiger partial charge in [-0.1, -0.05) is 22.0 Å². The van der Waals surface area contributed by atoms with Gasteiger partial charge in [-0.3, -0.25) is 0 Å². The van der Waals surface area contributed by atoms with Crippen LogP contribution in [0.15, 0.2) is 70.4 Å². The zero-order valence-electron chi connectivity index (χ0n) is 27.9. The number of benzene rings is 2. The van der Waals surface area contributed by atoms with E-state index in [4.69, 9.17) is 19.6 Å². The molecule has 0 fully saturated rings. The van der Waals surface area contributed by atoms with Crippen LogP contribution in [-0.2, 0) is 0 Å². The standard InChI is InChI=1S/C26H22BrN4O2.3C4H9.Sn/c1-15(30-31-25-7-2-3-10-28-25)16-8-9-22-19(11-16)17-5-4-6-18(17)26(29-22)20-12-23-24(13-21(20)27)33-14-32-23;3*1-3-4-2;/h2,4-5,7-13,17-18,26,29H,6,14H2,1H3,(H,28,31);3*1,3-4H2,2H3;/b30-15+;;;;. The summed E-state index contributed by atoms with van der Waals surface area (Å²) in [4.78, 5) is 4.91. The number of fused-ring (bicyclic) bond motifs is 4. The monoisotopic (exact) mass is 792 g/mol. The van der Waals surface area contributed by atoms with Gasteiger partial charge in [-0.05, 0) is 24.1 Å². The van der Waals surface area contributed by atoms with Gasteiger partial charge in [0, 0.05) is 4.47 Å². The summed E-state index contributed by atoms with van der Waals surface area (Å²) in [6.07, 6.45) is 15.9. The maximum absolute atomic E-state index is 5.72. The molecule has 0 amide bonds. The number of ether oxygens (including phenoxy) is 2. The molecule has 3 atom stereocenters. The molecule has 3 unspecified atom stereocenters. The number of allylic oxidation sites excluding steroid dienone is 2. The number of hydrazone groups is 1. The number of rotatable bonds is 14. The molecule has 244 valence electrons. The number of aromatic nitrogens is 1. The second-order valence-corrected chi connectivity index (χ2v) is 27.4. The van der Waals surface area contributed by atoms with Crippen LogP contribution in [0.5, 0.6) is 11.5 Å². The molecule has 46 heavy (non-hydrogen) atoms. The number of hydrogen-bond acceptors (Lipinski definition) is 6. The fourth-order valence-corrected chi connectivity index (χ4v) is 23.8. The first kappa shape index (κ1) is 33.4. The zero-order valence-corrected chi connectivity index (χ0v) is 32.3. The van der Waals surface area contributed by atoms with Crippen molar-refractivity contribution in [2.45, 2.75) is 97.9 Å². The van der Waals surface area contributed by atoms with Crippen molar-refractivity contribution in [2.24, 2.45) is 11.0 Å². The number of halogens is 1. The molecular formula is C38H49BrN4O2Sn. The summed E-state index contributed by atoms with van der Waals surface area (Å²) in [6, 6.07) is 15.6. The van der Waals surface area contributed by atoms with Crippen molar-refractivity contribution in [3.8, 4) is 11.5 Å². The van der Waals surface area contributed by atoms with Gasteiger partial charge in [0.1, 0.15) is 0 Å². The summed E-state index contributed by atoms with van der Waals surface area (Å²) >= 11 is 1.33. The van der Waals surface area contributed by atoms with Crippen LogP contribution >= 0.6 is 15.9 Å². The van der Waals surface area contributed by atoms with Crippen LogP contribution in [0.25, 0.3) is 0 Å². The SMILES string of the molecule is CCC[CH2][Sn]([CH2]CCC)([CH2]CCC)[c]1ccc(N/N=C(\C)c2ccc3c(c2)C2C=CCC2C(c2cc4c(cc2Br)OCO4)N3)nc1. The average Bonchev–Trinajstić information content (AvgIpc) is 3.76. The third-order valence-electron chi connectivity index (χ3n) is 10.3. The van der Waals surface area contributed by atoms with E-state index >= 15 is 0 Å². The van der Waals surface area contributed by atoms with Crippen molar-refractivity contribution in [3.63, 3.8) is 0 Å². The fourth-order valence-electron chi connectivity index (χ4n) is 7.63. The number of unbranched alkanes of at least 4 members (excludes halogenated alkanes) is 3. The van der Waals surface area contributed by atoms with Crippen LogP contribution in [0.1, 0.15) is 101 Å². The molecule has 1 aromatic heterocycles. The molecule has 2 aromatic carbocycles. The molecular weight excluding hydrogens is 743 g/mol. The van der Waals surface area contributed by atoms with E-state index in [1.165, 1.54) is 68.6 Å². The van der Waals surface area contributed by atoms with E-state index in [-0.39, 0.29) is 12.8 Å². The normalized spacial score (nSPS) is 19.9. The van der Waals surface area contributed by atoms with E-state index in [0.29, 0.717) is 11.8 Å². The summed E-state index contributed by atoms with van der Waals surface area (Å²) in [5.74, 6) is 3.20. The molecule has 1 aliphatic carbocycles. The van der Waals surface area contributed by atoms with Gasteiger partial charge < -0.3 is 9.47 Å². The number of nitrogens with zero attached hydrogens (tertiary/aromatic N) is 2. The van der Waals surface area contributed by atoms with Crippen molar-refractivity contribution in [2.75, 3.05) is 17.5 Å². The zero-order chi connectivity index (χ0) is 32.1. The van der Waals surface area contributed by atoms with Crippen LogP contribution < -0.4 is 23.8 Å². The number of hydrogen-bond donors (Lipinski definition) is 2. The van der Waals surface area contributed by atoms with Gasteiger partial charge in [0.15, 0.2) is 11.5 Å². The molecule has 2 aliphatic heterocycles. The second-order valence-electron chi connectivity index (χ2n) is 13.3. The van der Waals surface area contributed by atoms with Gasteiger partial charge in [-0.15, -0.1) is 0 Å². The van der Waals surface area contributed by atoms with Crippen molar-refractivity contribution < 1.29 is 9.47 Å². The molecule has 0 saturated heterocycles. The molecule has 6 nitrogen and oxygen atoms in total. The Hall–Kier alpha value is -2.52. The number of anilines is 2. The maximum atomic E-state index is 5.72. The third kappa shape index (κ3) is 7.01. The minimum atomic E-state index is -2.49. The summed E-state index contributed by atoms with van der Waals surface area (Å²) in [6.45, 7) is 9.36. The number of nitrogens with one attached hydrogen (secondary N) is 2. The Kier molecular flexibility index (Phi) is 11.0. The Morgan fingerprint density at radius 1 is 0.957 bits per heavy atom. The molecule has 3 aliphatic rings. The molecule has 0 radical (unpaired) electrons. The summed E-state index contributed by atoms with van der Waals surface area (Å²) in [5.41, 5.74) is 9.07. The Bertz CT molecular complexity index is 1550. The molecule has 2 N–H and O–H groups in total. The molecule has 0 bridgehead atoms. The van der Waals surface area contributed by atoms with Gasteiger partial charge in [-0.25, -0.2) is 0 Å². The van der Waals surface area contributed by atoms with Crippen molar-refractivity contribution in [1.82, 2.24) is 4.98 Å². The van der Waals surface area contributed by atoms with E-state index in [9.17, 15) is 0 Å². The van der Waals surface area contributed by atoms with Crippen LogP contribution in [0.4, 0.5) is 11.5 Å². The van der Waals surface area contributed by atoms with E-state index < -0.39 is 18.4 Å². The predicted octanol–water partition coefficient (Wildman–Crippen LogP) is 10.3. The fraction of sp³-hybridized carbons (Fsp3) is 0.474. The Labute approximate surface area is 287 Å². The van der Waals surface area contributed by atoms with Gasteiger partial charge >= 0.3 is 205 Å². The van der Waals surface area contributed by atoms with E-state index in [2.05, 4.69) is 109 Å². The van der Waals surface area contributed by atoms with Gasteiger partial charge in [0.25, 0.3) is 0 Å². The summed E-state index contributed by atoms with van der Waals surface area (Å²) in [7, 11) is 0. The van der Waals surface area contributed by atoms with Gasteiger partial charge in [0.2, 0.25) is 6.79 Å². The molecule has 0 spiro atoms. The van der Waals surface area contributed by atoms with Crippen molar-refractivity contribution in [3.05, 3.63) is 82.0 Å². The van der Waals surface area contributed by atoms with Crippen molar-refractivity contribution >= 4 is 55.1 Å². The first-order chi connectivity index (χ1) is 22.5. The first-order valence-electron chi connectivity index (χ1n) is 17.4. The van der Waals surface area contributed by atoms with E-state index in [0.717, 1.165) is 39.5 Å². The summed E-state index contributed by atoms with van der Waals surface area (Å²) in [5, 5.41) is 8.67. The van der Waals surface area contributed by atoms with Crippen LogP contribution in [-0.4, -0.2) is 35.9 Å². The van der Waals surface area contributed by atoms with Crippen LogP contribution in [0.2, 0.25) is 13.3 Å². The van der Waals surface area contributed by atoms with Gasteiger partial charge in [-0.2, -0.15) is 0 Å². The third-order valence-corrected chi connectivity index (χ3v) is 26.6. The minimum absolute atomic E-state index is 0.169. The molecule has 3 heterocycles. The van der Waals surface area contributed by atoms with Crippen LogP contribution in [0, 0.1) is 5.92 Å². The van der Waals surface area contributed by atoms with Gasteiger partial charge in [0.05, 0.1) is 6.04 Å². The molecule has 3 aromatic rings. The molecule has 0 saturated carbocycles. The topological polar surface area (TPSA) is 67.8 Å². The Morgan fingerprint density at radius 2 is 1.67 bits per heavy atom. The number of pyridine rings is 1. The quantitative estimate of drug-likeness (QED) is 0.0737. The Balaban J connectivity index is 1.19. The first-order valence-corrected chi connectivity index (χ1v) is 25.7. The van der Waals surface area contributed by atoms with Crippen LogP contribution in [0.3, 0.4) is 0 Å². The van der Waals surface area contributed by atoms with Crippen molar-refractivity contribution in [1.29, 1.82) is 0 Å². The second kappa shape index (κ2) is 15.1. The molecule has 6 rings (SSSR count). The summed E-state index contributed by atoms with van der Waals surface area (Å²) < 4.78 is 18.3. The Morgan fingerprint density at radius 3 is 2.35 bits per heavy atom.